The molecule has 1 aliphatic heterocycles. The van der Waals surface area contributed by atoms with E-state index in [0.717, 1.165) is 66.6 Å². The van der Waals surface area contributed by atoms with Crippen molar-refractivity contribution in [1.82, 2.24) is 19.8 Å². The third-order valence-corrected chi connectivity index (χ3v) is 7.21. The molecule has 0 N–H and O–H groups in total. The third kappa shape index (κ3) is 5.57. The Morgan fingerprint density at radius 3 is 2.58 bits per heavy atom. The van der Waals surface area contributed by atoms with Gasteiger partial charge in [0, 0.05) is 57.5 Å². The van der Waals surface area contributed by atoms with Gasteiger partial charge in [-0.3, -0.25) is 9.78 Å². The van der Waals surface area contributed by atoms with Gasteiger partial charge in [-0.1, -0.05) is 36.4 Å². The molecule has 1 fully saturated rings. The first-order valence-corrected chi connectivity index (χ1v) is 11.8. The summed E-state index contributed by atoms with van der Waals surface area (Å²) in [7, 11) is 1.95. The second-order valence-electron chi connectivity index (χ2n) is 8.24. The van der Waals surface area contributed by atoms with Crippen molar-refractivity contribution in [2.24, 2.45) is 0 Å². The molecule has 3 aromatic rings. The summed E-state index contributed by atoms with van der Waals surface area (Å²) >= 11 is 1.54. The van der Waals surface area contributed by atoms with E-state index in [1.165, 1.54) is 5.56 Å². The van der Waals surface area contributed by atoms with E-state index in [-0.39, 0.29) is 11.9 Å². The Bertz CT molecular complexity index is 981. The molecule has 0 unspecified atom stereocenters. The number of hydrogen-bond donors (Lipinski definition) is 0. The summed E-state index contributed by atoms with van der Waals surface area (Å²) in [6, 6.07) is 16.7. The highest BCUT2D eigenvalue weighted by Crippen LogP contribution is 2.25. The van der Waals surface area contributed by atoms with Gasteiger partial charge in [-0.2, -0.15) is 0 Å². The lowest BCUT2D eigenvalue weighted by Crippen LogP contribution is -2.46. The summed E-state index contributed by atoms with van der Waals surface area (Å²) in [5.74, 6) is 0.112. The molecule has 4 rings (SSSR count). The van der Waals surface area contributed by atoms with Crippen LogP contribution < -0.4 is 0 Å². The molecule has 1 aromatic carbocycles. The second kappa shape index (κ2) is 10.2. The van der Waals surface area contributed by atoms with Crippen LogP contribution in [0.2, 0.25) is 0 Å². The van der Waals surface area contributed by atoms with Crippen LogP contribution in [0.25, 0.3) is 0 Å². The summed E-state index contributed by atoms with van der Waals surface area (Å²) < 4.78 is 0. The topological polar surface area (TPSA) is 49.3 Å². The fraction of sp³-hybridized carbons (Fsp3) is 0.400. The number of likely N-dealkylation sites (tertiary alicyclic amines) is 1. The fourth-order valence-corrected chi connectivity index (χ4v) is 5.25. The summed E-state index contributed by atoms with van der Waals surface area (Å²) in [4.78, 5) is 27.5. The lowest BCUT2D eigenvalue weighted by Gasteiger charge is -2.36. The van der Waals surface area contributed by atoms with Crippen LogP contribution in [0.15, 0.2) is 54.7 Å². The predicted octanol–water partition coefficient (Wildman–Crippen LogP) is 4.22. The van der Waals surface area contributed by atoms with Gasteiger partial charge in [0.05, 0.1) is 10.7 Å². The predicted molar refractivity (Wildman–Crippen MR) is 126 cm³/mol. The molecule has 162 valence electrons. The molecule has 0 bridgehead atoms. The van der Waals surface area contributed by atoms with Gasteiger partial charge < -0.3 is 9.80 Å². The average molecular weight is 435 g/mol. The van der Waals surface area contributed by atoms with Crippen LogP contribution in [0.5, 0.6) is 0 Å². The molecule has 0 spiro atoms. The highest BCUT2D eigenvalue weighted by molar-refractivity contribution is 7.13. The minimum atomic E-state index is 0.112. The summed E-state index contributed by atoms with van der Waals surface area (Å²) in [5.41, 5.74) is 3.21. The van der Waals surface area contributed by atoms with Crippen LogP contribution in [0, 0.1) is 6.92 Å². The van der Waals surface area contributed by atoms with E-state index >= 15 is 0 Å². The zero-order chi connectivity index (χ0) is 21.6. The maximum atomic E-state index is 13.2. The van der Waals surface area contributed by atoms with Crippen molar-refractivity contribution in [2.45, 2.75) is 38.6 Å². The Kier molecular flexibility index (Phi) is 7.10. The largest absolute Gasteiger partial charge is 0.338 e. The van der Waals surface area contributed by atoms with Crippen LogP contribution in [0.3, 0.4) is 0 Å². The van der Waals surface area contributed by atoms with Crippen molar-refractivity contribution in [1.29, 1.82) is 0 Å². The molecule has 1 saturated heterocycles. The van der Waals surface area contributed by atoms with E-state index in [2.05, 4.69) is 33.1 Å². The lowest BCUT2D eigenvalue weighted by atomic mass is 10.0. The molecule has 5 nitrogen and oxygen atoms in total. The minimum Gasteiger partial charge on any atom is -0.338 e. The first kappa shape index (κ1) is 21.7. The van der Waals surface area contributed by atoms with E-state index < -0.39 is 0 Å². The molecule has 0 saturated carbocycles. The monoisotopic (exact) mass is 434 g/mol. The van der Waals surface area contributed by atoms with Gasteiger partial charge in [0.1, 0.15) is 4.88 Å². The number of aryl methyl sites for hydroxylation is 1. The van der Waals surface area contributed by atoms with E-state index in [4.69, 9.17) is 0 Å². The fourth-order valence-electron chi connectivity index (χ4n) is 4.17. The number of carbonyl (C=O) groups excluding carboxylic acids is 1. The number of aromatic nitrogens is 2. The van der Waals surface area contributed by atoms with Gasteiger partial charge in [-0.25, -0.2) is 4.98 Å². The van der Waals surface area contributed by atoms with Gasteiger partial charge in [0.2, 0.25) is 0 Å². The van der Waals surface area contributed by atoms with Crippen LogP contribution in [-0.4, -0.2) is 58.4 Å². The Morgan fingerprint density at radius 2 is 1.87 bits per heavy atom. The zero-order valence-corrected chi connectivity index (χ0v) is 19.1. The summed E-state index contributed by atoms with van der Waals surface area (Å²) in [6.07, 6.45) is 5.63. The quantitative estimate of drug-likeness (QED) is 0.559. The maximum absolute atomic E-state index is 13.2. The van der Waals surface area contributed by atoms with E-state index in [1.807, 2.05) is 55.4 Å². The van der Waals surface area contributed by atoms with Crippen molar-refractivity contribution in [2.75, 3.05) is 26.7 Å². The van der Waals surface area contributed by atoms with Crippen molar-refractivity contribution in [3.8, 4) is 0 Å². The molecule has 1 aliphatic rings. The number of rotatable bonds is 7. The van der Waals surface area contributed by atoms with E-state index in [1.54, 1.807) is 11.3 Å². The zero-order valence-electron chi connectivity index (χ0n) is 18.3. The van der Waals surface area contributed by atoms with Crippen LogP contribution in [0.1, 0.15) is 44.5 Å². The smallest absolute Gasteiger partial charge is 0.265 e. The summed E-state index contributed by atoms with van der Waals surface area (Å²) in [6.45, 7) is 5.02. The number of hydrogen-bond acceptors (Lipinski definition) is 5. The third-order valence-electron chi connectivity index (χ3n) is 6.07. The van der Waals surface area contributed by atoms with E-state index in [0.29, 0.717) is 0 Å². The molecule has 31 heavy (non-hydrogen) atoms. The molecule has 0 atom stereocenters. The minimum absolute atomic E-state index is 0.112. The van der Waals surface area contributed by atoms with E-state index in [9.17, 15) is 4.79 Å². The highest BCUT2D eigenvalue weighted by atomic mass is 32.1. The SMILES string of the molecule is Cc1nc(Cc2ccccc2)sc1C(=O)N(C)C1CCN(CCc2ccccn2)CC1. The van der Waals surface area contributed by atoms with Crippen LogP contribution in [0.4, 0.5) is 0 Å². The Labute approximate surface area is 188 Å². The van der Waals surface area contributed by atoms with Gasteiger partial charge in [0.25, 0.3) is 5.91 Å². The average Bonchev–Trinajstić information content (AvgIpc) is 3.18. The molecule has 6 heteroatoms. The molecular weight excluding hydrogens is 404 g/mol. The number of thiazole rings is 1. The number of benzene rings is 1. The first-order valence-electron chi connectivity index (χ1n) is 11.0. The standard InChI is InChI=1S/C25H30N4OS/c1-19-24(31-23(27-19)18-20-8-4-3-5-9-20)25(30)28(2)22-12-16-29(17-13-22)15-11-21-10-6-7-14-26-21/h3-10,14,22H,11-13,15-18H2,1-2H3. The van der Waals surface area contributed by atoms with Crippen molar-refractivity contribution < 1.29 is 4.79 Å². The van der Waals surface area contributed by atoms with Crippen molar-refractivity contribution in [3.63, 3.8) is 0 Å². The van der Waals surface area contributed by atoms with Gasteiger partial charge in [0.15, 0.2) is 0 Å². The number of amides is 1. The van der Waals surface area contributed by atoms with Gasteiger partial charge in [-0.05, 0) is 37.5 Å². The van der Waals surface area contributed by atoms with Crippen molar-refractivity contribution >= 4 is 17.2 Å². The second-order valence-corrected chi connectivity index (χ2v) is 9.33. The Hall–Kier alpha value is -2.57. The van der Waals surface area contributed by atoms with Gasteiger partial charge >= 0.3 is 0 Å². The Balaban J connectivity index is 1.30. The number of nitrogens with zero attached hydrogens (tertiary/aromatic N) is 4. The number of pyridine rings is 1. The lowest BCUT2D eigenvalue weighted by molar-refractivity contribution is 0.0647. The molecule has 0 radical (unpaired) electrons. The number of piperidine rings is 1. The number of carbonyl (C=O) groups is 1. The van der Waals surface area contributed by atoms with Crippen LogP contribution >= 0.6 is 11.3 Å². The molecular formula is C25H30N4OS. The van der Waals surface area contributed by atoms with Crippen LogP contribution in [-0.2, 0) is 12.8 Å². The first-order chi connectivity index (χ1) is 15.1. The van der Waals surface area contributed by atoms with Crippen molar-refractivity contribution in [3.05, 3.63) is 81.6 Å². The molecule has 3 heterocycles. The highest BCUT2D eigenvalue weighted by Gasteiger charge is 2.28. The molecule has 1 amide bonds. The molecule has 0 aliphatic carbocycles. The normalized spacial score (nSPS) is 15.2. The summed E-state index contributed by atoms with van der Waals surface area (Å²) in [5, 5.41) is 1.00. The molecule has 2 aromatic heterocycles. The van der Waals surface area contributed by atoms with Gasteiger partial charge in [-0.15, -0.1) is 11.3 Å². The maximum Gasteiger partial charge on any atom is 0.265 e. The Morgan fingerprint density at radius 1 is 1.13 bits per heavy atom.